The minimum atomic E-state index is 0.620. The summed E-state index contributed by atoms with van der Waals surface area (Å²) in [6.45, 7) is 3.10. The van der Waals surface area contributed by atoms with Crippen LogP contribution in [0.2, 0.25) is 0 Å². The Labute approximate surface area is 109 Å². The summed E-state index contributed by atoms with van der Waals surface area (Å²) in [5.74, 6) is 2.86. The molecule has 0 bridgehead atoms. The first kappa shape index (κ1) is 11.9. The molecule has 1 fully saturated rings. The molecule has 2 aliphatic rings. The summed E-state index contributed by atoms with van der Waals surface area (Å²) in [7, 11) is 0. The first-order valence-electron chi connectivity index (χ1n) is 7.52. The first-order valence-corrected chi connectivity index (χ1v) is 7.52. The number of nitrogens with one attached hydrogen (secondary N) is 1. The van der Waals surface area contributed by atoms with Gasteiger partial charge >= 0.3 is 0 Å². The van der Waals surface area contributed by atoms with Gasteiger partial charge in [0.05, 0.1) is 0 Å². The molecule has 0 radical (unpaired) electrons. The zero-order valence-corrected chi connectivity index (χ0v) is 11.3. The van der Waals surface area contributed by atoms with E-state index in [1.807, 2.05) is 0 Å². The lowest BCUT2D eigenvalue weighted by Crippen LogP contribution is -2.15. The smallest absolute Gasteiger partial charge is 0.134 e. The molecule has 3 nitrogen and oxygen atoms in total. The van der Waals surface area contributed by atoms with Crippen molar-refractivity contribution < 1.29 is 0 Å². The van der Waals surface area contributed by atoms with E-state index in [0.717, 1.165) is 31.0 Å². The molecule has 18 heavy (non-hydrogen) atoms. The number of aromatic nitrogens is 2. The van der Waals surface area contributed by atoms with Gasteiger partial charge in [0.2, 0.25) is 0 Å². The molecular formula is C15H23N3. The minimum Gasteiger partial charge on any atom is -0.370 e. The molecule has 0 amide bonds. The molecule has 0 unspecified atom stereocenters. The fourth-order valence-corrected chi connectivity index (χ4v) is 3.29. The zero-order chi connectivity index (χ0) is 12.4. The SMILES string of the molecule is CCNc1nc(C2CCCC2)nc2c1CCCC2. The van der Waals surface area contributed by atoms with E-state index >= 15 is 0 Å². The third-order valence-electron chi connectivity index (χ3n) is 4.26. The van der Waals surface area contributed by atoms with Gasteiger partial charge in [0.15, 0.2) is 0 Å². The van der Waals surface area contributed by atoms with Crippen molar-refractivity contribution >= 4 is 5.82 Å². The third kappa shape index (κ3) is 2.23. The van der Waals surface area contributed by atoms with Crippen LogP contribution >= 0.6 is 0 Å². The Morgan fingerprint density at radius 2 is 1.83 bits per heavy atom. The second-order valence-electron chi connectivity index (χ2n) is 5.57. The Kier molecular flexibility index (Phi) is 3.48. The van der Waals surface area contributed by atoms with Crippen molar-refractivity contribution in [3.8, 4) is 0 Å². The summed E-state index contributed by atoms with van der Waals surface area (Å²) in [6, 6.07) is 0. The number of rotatable bonds is 3. The molecule has 0 aliphatic heterocycles. The van der Waals surface area contributed by atoms with Crippen molar-refractivity contribution in [1.29, 1.82) is 0 Å². The highest BCUT2D eigenvalue weighted by molar-refractivity contribution is 5.48. The Balaban J connectivity index is 1.97. The van der Waals surface area contributed by atoms with Gasteiger partial charge in [0.1, 0.15) is 11.6 Å². The summed E-state index contributed by atoms with van der Waals surface area (Å²) in [5.41, 5.74) is 2.72. The van der Waals surface area contributed by atoms with Crippen molar-refractivity contribution in [1.82, 2.24) is 9.97 Å². The molecule has 2 aliphatic carbocycles. The van der Waals surface area contributed by atoms with Crippen LogP contribution in [0.3, 0.4) is 0 Å². The summed E-state index contributed by atoms with van der Waals surface area (Å²) in [6.07, 6.45) is 10.1. The predicted octanol–water partition coefficient (Wildman–Crippen LogP) is 3.44. The quantitative estimate of drug-likeness (QED) is 0.886. The molecule has 98 valence electrons. The average Bonchev–Trinajstić information content (AvgIpc) is 2.93. The number of nitrogens with zero attached hydrogens (tertiary/aromatic N) is 2. The van der Waals surface area contributed by atoms with Gasteiger partial charge in [-0.2, -0.15) is 0 Å². The van der Waals surface area contributed by atoms with Crippen LogP contribution in [0.1, 0.15) is 68.4 Å². The molecule has 0 aromatic carbocycles. The molecule has 0 saturated heterocycles. The van der Waals surface area contributed by atoms with Crippen molar-refractivity contribution in [2.24, 2.45) is 0 Å². The van der Waals surface area contributed by atoms with Gasteiger partial charge in [-0.1, -0.05) is 12.8 Å². The standard InChI is InChI=1S/C15H23N3/c1-2-16-15-12-9-5-6-10-13(12)17-14(18-15)11-7-3-4-8-11/h11H,2-10H2,1H3,(H,16,17,18). The van der Waals surface area contributed by atoms with Crippen LogP contribution in [0.15, 0.2) is 0 Å². The molecule has 0 atom stereocenters. The van der Waals surface area contributed by atoms with Crippen LogP contribution in [0.25, 0.3) is 0 Å². The molecule has 3 heteroatoms. The van der Waals surface area contributed by atoms with Crippen molar-refractivity contribution in [3.63, 3.8) is 0 Å². The van der Waals surface area contributed by atoms with E-state index in [-0.39, 0.29) is 0 Å². The van der Waals surface area contributed by atoms with E-state index < -0.39 is 0 Å². The topological polar surface area (TPSA) is 37.8 Å². The van der Waals surface area contributed by atoms with E-state index in [9.17, 15) is 0 Å². The van der Waals surface area contributed by atoms with Gasteiger partial charge < -0.3 is 5.32 Å². The molecular weight excluding hydrogens is 222 g/mol. The van der Waals surface area contributed by atoms with Crippen LogP contribution in [0.4, 0.5) is 5.82 Å². The van der Waals surface area contributed by atoms with Crippen LogP contribution in [0.5, 0.6) is 0 Å². The van der Waals surface area contributed by atoms with Gasteiger partial charge in [0.25, 0.3) is 0 Å². The maximum Gasteiger partial charge on any atom is 0.134 e. The lowest BCUT2D eigenvalue weighted by atomic mass is 9.95. The highest BCUT2D eigenvalue weighted by Gasteiger charge is 2.24. The van der Waals surface area contributed by atoms with Gasteiger partial charge in [-0.3, -0.25) is 0 Å². The highest BCUT2D eigenvalue weighted by Crippen LogP contribution is 2.34. The Bertz CT molecular complexity index is 422. The van der Waals surface area contributed by atoms with Gasteiger partial charge in [-0.25, -0.2) is 9.97 Å². The second-order valence-corrected chi connectivity index (χ2v) is 5.57. The minimum absolute atomic E-state index is 0.620. The molecule has 3 rings (SSSR count). The number of hydrogen-bond donors (Lipinski definition) is 1. The lowest BCUT2D eigenvalue weighted by molar-refractivity contribution is 0.621. The van der Waals surface area contributed by atoms with Gasteiger partial charge in [0, 0.05) is 23.7 Å². The molecule has 1 saturated carbocycles. The van der Waals surface area contributed by atoms with E-state index in [1.54, 1.807) is 0 Å². The van der Waals surface area contributed by atoms with E-state index in [0.29, 0.717) is 5.92 Å². The zero-order valence-electron chi connectivity index (χ0n) is 11.3. The van der Waals surface area contributed by atoms with Gasteiger partial charge in [-0.05, 0) is 45.4 Å². The van der Waals surface area contributed by atoms with E-state index in [4.69, 9.17) is 9.97 Å². The predicted molar refractivity (Wildman–Crippen MR) is 74.0 cm³/mol. The monoisotopic (exact) mass is 245 g/mol. The molecule has 1 aromatic heterocycles. The molecule has 1 N–H and O–H groups in total. The highest BCUT2D eigenvalue weighted by atomic mass is 15.0. The molecule has 0 spiro atoms. The van der Waals surface area contributed by atoms with Crippen molar-refractivity contribution in [3.05, 3.63) is 17.1 Å². The summed E-state index contributed by atoms with van der Waals surface area (Å²) >= 11 is 0. The summed E-state index contributed by atoms with van der Waals surface area (Å²) in [5, 5.41) is 3.45. The van der Waals surface area contributed by atoms with Gasteiger partial charge in [-0.15, -0.1) is 0 Å². The average molecular weight is 245 g/mol. The molecule has 1 heterocycles. The van der Waals surface area contributed by atoms with Crippen molar-refractivity contribution in [2.75, 3.05) is 11.9 Å². The summed E-state index contributed by atoms with van der Waals surface area (Å²) < 4.78 is 0. The van der Waals surface area contributed by atoms with Crippen LogP contribution in [0, 0.1) is 0 Å². The van der Waals surface area contributed by atoms with Crippen LogP contribution in [-0.2, 0) is 12.8 Å². The van der Waals surface area contributed by atoms with E-state index in [1.165, 1.54) is 49.8 Å². The largest absolute Gasteiger partial charge is 0.370 e. The maximum atomic E-state index is 4.89. The third-order valence-corrected chi connectivity index (χ3v) is 4.26. The second kappa shape index (κ2) is 5.25. The number of aryl methyl sites for hydroxylation is 1. The van der Waals surface area contributed by atoms with Crippen molar-refractivity contribution in [2.45, 2.75) is 64.2 Å². The Hall–Kier alpha value is -1.12. The fourth-order valence-electron chi connectivity index (χ4n) is 3.29. The Morgan fingerprint density at radius 3 is 2.61 bits per heavy atom. The van der Waals surface area contributed by atoms with Crippen LogP contribution in [-0.4, -0.2) is 16.5 Å². The molecule has 1 aromatic rings. The van der Waals surface area contributed by atoms with Crippen LogP contribution < -0.4 is 5.32 Å². The fraction of sp³-hybridized carbons (Fsp3) is 0.733. The normalized spacial score (nSPS) is 19.8. The summed E-state index contributed by atoms with van der Waals surface area (Å²) in [4.78, 5) is 9.72. The number of anilines is 1. The first-order chi connectivity index (χ1) is 8.88. The lowest BCUT2D eigenvalue weighted by Gasteiger charge is -2.21. The Morgan fingerprint density at radius 1 is 1.06 bits per heavy atom. The maximum absolute atomic E-state index is 4.89. The number of fused-ring (bicyclic) bond motifs is 1. The van der Waals surface area contributed by atoms with E-state index in [2.05, 4.69) is 12.2 Å². The number of hydrogen-bond acceptors (Lipinski definition) is 3.